The van der Waals surface area contributed by atoms with Crippen molar-refractivity contribution in [1.29, 1.82) is 0 Å². The molecule has 0 aromatic heterocycles. The summed E-state index contributed by atoms with van der Waals surface area (Å²) in [6.07, 6.45) is 2.92. The summed E-state index contributed by atoms with van der Waals surface area (Å²) in [6, 6.07) is 16.4. The second-order valence-corrected chi connectivity index (χ2v) is 8.75. The first-order valence-electron chi connectivity index (χ1n) is 10.5. The van der Waals surface area contributed by atoms with E-state index < -0.39 is 16.8 Å². The number of hydrogen-bond donors (Lipinski definition) is 2. The van der Waals surface area contributed by atoms with Crippen LogP contribution in [0.1, 0.15) is 43.2 Å². The summed E-state index contributed by atoms with van der Waals surface area (Å²) >= 11 is 0. The van der Waals surface area contributed by atoms with Crippen LogP contribution in [0.5, 0.6) is 5.75 Å². The van der Waals surface area contributed by atoms with E-state index in [0.29, 0.717) is 32.3 Å². The lowest BCUT2D eigenvalue weighted by atomic mass is 9.76. The summed E-state index contributed by atoms with van der Waals surface area (Å²) in [6.45, 7) is 0.361. The average Bonchev–Trinajstić information content (AvgIpc) is 3.35. The summed E-state index contributed by atoms with van der Waals surface area (Å²) in [5.74, 6) is -0.283. The molecule has 4 atom stereocenters. The van der Waals surface area contributed by atoms with Crippen LogP contribution in [-0.2, 0) is 25.2 Å². The smallest absolute Gasteiger partial charge is 0.314 e. The van der Waals surface area contributed by atoms with E-state index in [1.54, 1.807) is 25.3 Å². The number of carboxylic acid groups (broad SMARTS) is 1. The van der Waals surface area contributed by atoms with E-state index in [-0.39, 0.29) is 23.4 Å². The van der Waals surface area contributed by atoms with Crippen LogP contribution >= 0.6 is 0 Å². The Kier molecular flexibility index (Phi) is 5.41. The second-order valence-electron chi connectivity index (χ2n) is 8.75. The number of ketones is 1. The van der Waals surface area contributed by atoms with Crippen molar-refractivity contribution in [2.24, 2.45) is 11.8 Å². The largest absolute Gasteiger partial charge is 0.508 e. The van der Waals surface area contributed by atoms with Crippen molar-refractivity contribution in [2.45, 2.75) is 42.9 Å². The number of phenols is 1. The molecule has 2 N–H and O–H groups in total. The highest BCUT2D eigenvalue weighted by molar-refractivity contribution is 5.94. The first-order valence-corrected chi connectivity index (χ1v) is 10.5. The molecule has 2 aromatic rings. The third-order valence-electron chi connectivity index (χ3n) is 7.26. The van der Waals surface area contributed by atoms with Crippen molar-refractivity contribution in [1.82, 2.24) is 0 Å². The predicted octanol–water partition coefficient (Wildman–Crippen LogP) is 4.08. The van der Waals surface area contributed by atoms with Gasteiger partial charge in [-0.2, -0.15) is 0 Å². The Balaban J connectivity index is 1.64. The number of benzene rings is 2. The lowest BCUT2D eigenvalue weighted by Crippen LogP contribution is -2.33. The van der Waals surface area contributed by atoms with E-state index >= 15 is 0 Å². The predicted molar refractivity (Wildman–Crippen MR) is 112 cm³/mol. The van der Waals surface area contributed by atoms with Gasteiger partial charge in [0.05, 0.1) is 17.4 Å². The van der Waals surface area contributed by atoms with Crippen LogP contribution < -0.4 is 0 Å². The minimum absolute atomic E-state index is 0.0913. The Morgan fingerprint density at radius 1 is 1.07 bits per heavy atom. The summed E-state index contributed by atoms with van der Waals surface area (Å²) in [5, 5.41) is 20.1. The molecule has 30 heavy (non-hydrogen) atoms. The van der Waals surface area contributed by atoms with E-state index in [1.165, 1.54) is 0 Å². The molecule has 5 heteroatoms. The normalized spacial score (nSPS) is 30.2. The van der Waals surface area contributed by atoms with E-state index in [0.717, 1.165) is 17.5 Å². The van der Waals surface area contributed by atoms with Crippen LogP contribution in [0.3, 0.4) is 0 Å². The molecule has 5 nitrogen and oxygen atoms in total. The Labute approximate surface area is 176 Å². The van der Waals surface area contributed by atoms with Crippen molar-refractivity contribution in [2.75, 3.05) is 13.7 Å². The number of carbonyl (C=O) groups excluding carboxylic acids is 1. The van der Waals surface area contributed by atoms with E-state index in [4.69, 9.17) is 4.74 Å². The minimum atomic E-state index is -0.894. The van der Waals surface area contributed by atoms with Crippen LogP contribution in [0.4, 0.5) is 0 Å². The Bertz CT molecular complexity index is 940. The minimum Gasteiger partial charge on any atom is -0.508 e. The molecule has 2 fully saturated rings. The maximum atomic E-state index is 13.3. The number of aromatic hydroxyl groups is 1. The van der Waals surface area contributed by atoms with Gasteiger partial charge >= 0.3 is 5.97 Å². The molecule has 2 aliphatic carbocycles. The van der Waals surface area contributed by atoms with Gasteiger partial charge in [0.2, 0.25) is 0 Å². The van der Waals surface area contributed by atoms with Gasteiger partial charge in [-0.3, -0.25) is 9.59 Å². The zero-order chi connectivity index (χ0) is 21.4. The van der Waals surface area contributed by atoms with Crippen molar-refractivity contribution in [3.63, 3.8) is 0 Å². The highest BCUT2D eigenvalue weighted by atomic mass is 16.5. The van der Waals surface area contributed by atoms with E-state index in [2.05, 4.69) is 0 Å². The number of phenolic OH excluding ortho intramolecular Hbond substituents is 1. The third kappa shape index (κ3) is 3.31. The number of carboxylic acids is 1. The molecule has 2 aromatic carbocycles. The molecular weight excluding hydrogens is 380 g/mol. The van der Waals surface area contributed by atoms with Gasteiger partial charge in [-0.15, -0.1) is 0 Å². The van der Waals surface area contributed by atoms with Crippen molar-refractivity contribution >= 4 is 11.8 Å². The van der Waals surface area contributed by atoms with Gasteiger partial charge in [-0.05, 0) is 60.8 Å². The van der Waals surface area contributed by atoms with Gasteiger partial charge in [0, 0.05) is 13.5 Å². The lowest BCUT2D eigenvalue weighted by Gasteiger charge is -2.26. The maximum Gasteiger partial charge on any atom is 0.314 e. The van der Waals surface area contributed by atoms with Crippen molar-refractivity contribution in [3.8, 4) is 5.75 Å². The quantitative estimate of drug-likeness (QED) is 0.688. The average molecular weight is 408 g/mol. The summed E-state index contributed by atoms with van der Waals surface area (Å²) in [4.78, 5) is 25.6. The van der Waals surface area contributed by atoms with E-state index in [1.807, 2.05) is 36.4 Å². The van der Waals surface area contributed by atoms with Gasteiger partial charge in [0.25, 0.3) is 0 Å². The summed E-state index contributed by atoms with van der Waals surface area (Å²) < 4.78 is 5.13. The number of Topliss-reactive ketones (excluding diaryl/α,β-unsaturated/α-hetero) is 1. The molecule has 2 aliphatic rings. The van der Waals surface area contributed by atoms with Crippen LogP contribution in [0.15, 0.2) is 54.6 Å². The van der Waals surface area contributed by atoms with Crippen molar-refractivity contribution < 1.29 is 24.5 Å². The molecule has 4 unspecified atom stereocenters. The maximum absolute atomic E-state index is 13.3. The van der Waals surface area contributed by atoms with Crippen LogP contribution in [0, 0.1) is 11.8 Å². The van der Waals surface area contributed by atoms with Gasteiger partial charge in [-0.1, -0.05) is 42.5 Å². The highest BCUT2D eigenvalue weighted by Crippen LogP contribution is 2.64. The number of aliphatic carboxylic acids is 1. The number of ether oxygens (including phenoxy) is 1. The summed E-state index contributed by atoms with van der Waals surface area (Å²) in [7, 11) is 1.58. The van der Waals surface area contributed by atoms with Gasteiger partial charge in [0.15, 0.2) is 0 Å². The molecule has 0 spiro atoms. The van der Waals surface area contributed by atoms with Crippen LogP contribution in [0.2, 0.25) is 0 Å². The molecule has 0 radical (unpaired) electrons. The number of methoxy groups -OCH3 is 1. The number of hydrogen-bond acceptors (Lipinski definition) is 4. The topological polar surface area (TPSA) is 83.8 Å². The standard InChI is InChI=1S/C25H28O5/c1-30-13-11-22(27)25(19-8-5-9-20(26)14-19)16-21(25)17-10-12-24(15-17,23(28)29)18-6-3-2-4-7-18/h2-9,14,17,21,26H,10-13,15-16H2,1H3,(H,28,29). The van der Waals surface area contributed by atoms with Crippen LogP contribution in [-0.4, -0.2) is 35.7 Å². The molecule has 4 rings (SSSR count). The zero-order valence-electron chi connectivity index (χ0n) is 17.2. The first kappa shape index (κ1) is 20.6. The van der Waals surface area contributed by atoms with Crippen LogP contribution in [0.25, 0.3) is 0 Å². The Hall–Kier alpha value is -2.66. The molecule has 158 valence electrons. The molecular formula is C25H28O5. The monoisotopic (exact) mass is 408 g/mol. The third-order valence-corrected chi connectivity index (χ3v) is 7.26. The van der Waals surface area contributed by atoms with Gasteiger partial charge < -0.3 is 14.9 Å². The SMILES string of the molecule is COCCC(=O)C1(c2cccc(O)c2)CC1C1CCC(C(=O)O)(c2ccccc2)C1. The number of rotatable bonds is 8. The molecule has 0 heterocycles. The fraction of sp³-hybridized carbons (Fsp3) is 0.440. The lowest BCUT2D eigenvalue weighted by molar-refractivity contribution is -0.143. The first-order chi connectivity index (χ1) is 14.4. The Morgan fingerprint density at radius 3 is 2.47 bits per heavy atom. The highest BCUT2D eigenvalue weighted by Gasteiger charge is 2.65. The molecule has 2 saturated carbocycles. The second kappa shape index (κ2) is 7.88. The van der Waals surface area contributed by atoms with Gasteiger partial charge in [-0.25, -0.2) is 0 Å². The fourth-order valence-electron chi connectivity index (χ4n) is 5.64. The summed E-state index contributed by atoms with van der Waals surface area (Å²) in [5.41, 5.74) is 0.137. The number of carbonyl (C=O) groups is 2. The zero-order valence-corrected chi connectivity index (χ0v) is 17.2. The molecule has 0 saturated heterocycles. The van der Waals surface area contributed by atoms with E-state index in [9.17, 15) is 19.8 Å². The van der Waals surface area contributed by atoms with Crippen molar-refractivity contribution in [3.05, 3.63) is 65.7 Å². The molecule has 0 bridgehead atoms. The molecule has 0 amide bonds. The fourth-order valence-corrected chi connectivity index (χ4v) is 5.64. The Morgan fingerprint density at radius 2 is 1.80 bits per heavy atom. The van der Waals surface area contributed by atoms with Gasteiger partial charge in [0.1, 0.15) is 11.5 Å². The molecule has 0 aliphatic heterocycles.